The van der Waals surface area contributed by atoms with E-state index in [1.54, 1.807) is 12.1 Å². The standard InChI is InChI=1S/C18H21NO5S/c1-22-15-8-9-16(23-2)18(12-15)25(20,21)19-10-11-24-17(13-19)14-6-4-3-5-7-14/h3-9,12,17H,10-11,13H2,1-2H3/t17-/m0/s1. The second-order valence-electron chi connectivity index (χ2n) is 5.65. The van der Waals surface area contributed by atoms with Gasteiger partial charge in [-0.15, -0.1) is 0 Å². The van der Waals surface area contributed by atoms with E-state index in [0.717, 1.165) is 5.56 Å². The molecule has 0 aliphatic carbocycles. The molecule has 0 unspecified atom stereocenters. The Kier molecular flexibility index (Phi) is 5.27. The zero-order chi connectivity index (χ0) is 17.9. The van der Waals surface area contributed by atoms with Gasteiger partial charge in [0.25, 0.3) is 0 Å². The predicted molar refractivity (Wildman–Crippen MR) is 93.4 cm³/mol. The van der Waals surface area contributed by atoms with Crippen molar-refractivity contribution in [2.45, 2.75) is 11.0 Å². The minimum Gasteiger partial charge on any atom is -0.497 e. The van der Waals surface area contributed by atoms with E-state index in [0.29, 0.717) is 24.7 Å². The van der Waals surface area contributed by atoms with Crippen molar-refractivity contribution < 1.29 is 22.6 Å². The number of benzene rings is 2. The molecule has 0 bridgehead atoms. The molecule has 0 N–H and O–H groups in total. The van der Waals surface area contributed by atoms with Gasteiger partial charge in [-0.2, -0.15) is 4.31 Å². The van der Waals surface area contributed by atoms with Crippen LogP contribution >= 0.6 is 0 Å². The highest BCUT2D eigenvalue weighted by Gasteiger charge is 2.33. The van der Waals surface area contributed by atoms with Crippen LogP contribution in [-0.2, 0) is 14.8 Å². The summed E-state index contributed by atoms with van der Waals surface area (Å²) in [6, 6.07) is 14.4. The lowest BCUT2D eigenvalue weighted by Crippen LogP contribution is -2.42. The van der Waals surface area contributed by atoms with E-state index >= 15 is 0 Å². The first kappa shape index (κ1) is 17.7. The van der Waals surface area contributed by atoms with Crippen LogP contribution < -0.4 is 9.47 Å². The maximum absolute atomic E-state index is 13.1. The summed E-state index contributed by atoms with van der Waals surface area (Å²) in [5.41, 5.74) is 0.958. The Morgan fingerprint density at radius 2 is 1.84 bits per heavy atom. The maximum Gasteiger partial charge on any atom is 0.247 e. The van der Waals surface area contributed by atoms with Crippen molar-refractivity contribution in [1.29, 1.82) is 0 Å². The predicted octanol–water partition coefficient (Wildman–Crippen LogP) is 2.47. The third-order valence-corrected chi connectivity index (χ3v) is 6.08. The second kappa shape index (κ2) is 7.43. The molecule has 1 atom stereocenters. The number of morpholine rings is 1. The average Bonchev–Trinajstić information content (AvgIpc) is 2.68. The van der Waals surface area contributed by atoms with Gasteiger partial charge >= 0.3 is 0 Å². The first-order valence-corrected chi connectivity index (χ1v) is 9.39. The van der Waals surface area contributed by atoms with Gasteiger partial charge in [-0.25, -0.2) is 8.42 Å². The fraction of sp³-hybridized carbons (Fsp3) is 0.333. The first-order valence-electron chi connectivity index (χ1n) is 7.95. The lowest BCUT2D eigenvalue weighted by atomic mass is 10.1. The first-order chi connectivity index (χ1) is 12.1. The van der Waals surface area contributed by atoms with Gasteiger partial charge in [-0.1, -0.05) is 30.3 Å². The van der Waals surface area contributed by atoms with Crippen molar-refractivity contribution >= 4 is 10.0 Å². The Morgan fingerprint density at radius 3 is 2.52 bits per heavy atom. The van der Waals surface area contributed by atoms with Gasteiger partial charge in [0.1, 0.15) is 16.4 Å². The number of methoxy groups -OCH3 is 2. The number of rotatable bonds is 5. The van der Waals surface area contributed by atoms with Crippen LogP contribution in [0.2, 0.25) is 0 Å². The third kappa shape index (κ3) is 3.63. The monoisotopic (exact) mass is 363 g/mol. The molecule has 1 aliphatic rings. The van der Waals surface area contributed by atoms with Gasteiger partial charge in [-0.3, -0.25) is 0 Å². The van der Waals surface area contributed by atoms with Crippen LogP contribution in [0.5, 0.6) is 11.5 Å². The highest BCUT2D eigenvalue weighted by Crippen LogP contribution is 2.33. The molecule has 1 aliphatic heterocycles. The summed E-state index contributed by atoms with van der Waals surface area (Å²) in [5.74, 6) is 0.760. The van der Waals surface area contributed by atoms with Crippen LogP contribution in [0.1, 0.15) is 11.7 Å². The molecular formula is C18H21NO5S. The summed E-state index contributed by atoms with van der Waals surface area (Å²) < 4.78 is 43.9. The zero-order valence-electron chi connectivity index (χ0n) is 14.2. The molecule has 0 radical (unpaired) electrons. The van der Waals surface area contributed by atoms with E-state index < -0.39 is 10.0 Å². The van der Waals surface area contributed by atoms with Gasteiger partial charge in [0.05, 0.1) is 26.9 Å². The van der Waals surface area contributed by atoms with Gasteiger partial charge in [-0.05, 0) is 17.7 Å². The average molecular weight is 363 g/mol. The normalized spacial score (nSPS) is 18.7. The molecule has 134 valence electrons. The quantitative estimate of drug-likeness (QED) is 0.816. The van der Waals surface area contributed by atoms with Crippen molar-refractivity contribution in [3.8, 4) is 11.5 Å². The number of hydrogen-bond acceptors (Lipinski definition) is 5. The fourth-order valence-electron chi connectivity index (χ4n) is 2.84. The van der Waals surface area contributed by atoms with Gasteiger partial charge in [0, 0.05) is 19.2 Å². The Morgan fingerprint density at radius 1 is 1.08 bits per heavy atom. The van der Waals surface area contributed by atoms with Crippen LogP contribution in [0.4, 0.5) is 0 Å². The highest BCUT2D eigenvalue weighted by molar-refractivity contribution is 7.89. The summed E-state index contributed by atoms with van der Waals surface area (Å²) in [4.78, 5) is 0.100. The third-order valence-electron chi connectivity index (χ3n) is 4.19. The Bertz CT molecular complexity index is 823. The van der Waals surface area contributed by atoms with Crippen molar-refractivity contribution in [3.05, 3.63) is 54.1 Å². The molecule has 0 amide bonds. The molecule has 2 aromatic carbocycles. The molecule has 1 saturated heterocycles. The largest absolute Gasteiger partial charge is 0.497 e. The van der Waals surface area contributed by atoms with Crippen molar-refractivity contribution in [2.24, 2.45) is 0 Å². The topological polar surface area (TPSA) is 65.1 Å². The SMILES string of the molecule is COc1ccc(OC)c(S(=O)(=O)N2CCO[C@H](c3ccccc3)C2)c1. The smallest absolute Gasteiger partial charge is 0.247 e. The van der Waals surface area contributed by atoms with Gasteiger partial charge < -0.3 is 14.2 Å². The minimum atomic E-state index is -3.73. The van der Waals surface area contributed by atoms with Crippen LogP contribution in [0.25, 0.3) is 0 Å². The van der Waals surface area contributed by atoms with Gasteiger partial charge in [0.2, 0.25) is 10.0 Å². The van der Waals surface area contributed by atoms with E-state index in [9.17, 15) is 8.42 Å². The fourth-order valence-corrected chi connectivity index (χ4v) is 4.43. The number of ether oxygens (including phenoxy) is 3. The molecule has 1 heterocycles. The molecule has 0 saturated carbocycles. The van der Waals surface area contributed by atoms with Crippen LogP contribution in [0, 0.1) is 0 Å². The van der Waals surface area contributed by atoms with Gasteiger partial charge in [0.15, 0.2) is 0 Å². The molecule has 6 nitrogen and oxygen atoms in total. The number of hydrogen-bond donors (Lipinski definition) is 0. The van der Waals surface area contributed by atoms with E-state index in [1.807, 2.05) is 30.3 Å². The molecule has 0 aromatic heterocycles. The van der Waals surface area contributed by atoms with Crippen LogP contribution in [0.3, 0.4) is 0 Å². The molecule has 7 heteroatoms. The maximum atomic E-state index is 13.1. The summed E-state index contributed by atoms with van der Waals surface area (Å²) >= 11 is 0. The van der Waals surface area contributed by atoms with E-state index in [-0.39, 0.29) is 17.5 Å². The number of sulfonamides is 1. The van der Waals surface area contributed by atoms with Crippen LogP contribution in [-0.4, -0.2) is 46.6 Å². The minimum absolute atomic E-state index is 0.100. The lowest BCUT2D eigenvalue weighted by molar-refractivity contribution is -0.00259. The summed E-state index contributed by atoms with van der Waals surface area (Å²) in [6.45, 7) is 0.893. The Labute approximate surface area is 148 Å². The Hall–Kier alpha value is -2.09. The summed E-state index contributed by atoms with van der Waals surface area (Å²) in [5, 5.41) is 0. The van der Waals surface area contributed by atoms with Crippen molar-refractivity contribution in [1.82, 2.24) is 4.31 Å². The zero-order valence-corrected chi connectivity index (χ0v) is 15.0. The van der Waals surface area contributed by atoms with E-state index in [1.165, 1.54) is 24.6 Å². The summed E-state index contributed by atoms with van der Waals surface area (Å²) in [6.07, 6.45) is -0.290. The molecule has 25 heavy (non-hydrogen) atoms. The molecule has 2 aromatic rings. The molecule has 0 spiro atoms. The number of nitrogens with zero attached hydrogens (tertiary/aromatic N) is 1. The van der Waals surface area contributed by atoms with E-state index in [4.69, 9.17) is 14.2 Å². The van der Waals surface area contributed by atoms with Crippen LogP contribution in [0.15, 0.2) is 53.4 Å². The molecular weight excluding hydrogens is 342 g/mol. The van der Waals surface area contributed by atoms with Crippen molar-refractivity contribution in [3.63, 3.8) is 0 Å². The summed E-state index contributed by atoms with van der Waals surface area (Å²) in [7, 11) is -0.780. The van der Waals surface area contributed by atoms with Crippen molar-refractivity contribution in [2.75, 3.05) is 33.9 Å². The second-order valence-corrected chi connectivity index (χ2v) is 7.56. The van der Waals surface area contributed by atoms with E-state index in [2.05, 4.69) is 0 Å². The molecule has 1 fully saturated rings. The highest BCUT2D eigenvalue weighted by atomic mass is 32.2. The molecule has 3 rings (SSSR count). The Balaban J connectivity index is 1.92. The lowest BCUT2D eigenvalue weighted by Gasteiger charge is -2.32.